The molecule has 2 aromatic heterocycles. The molecule has 2 atom stereocenters. The van der Waals surface area contributed by atoms with Gasteiger partial charge in [0.15, 0.2) is 0 Å². The molecular formula is C17H25N5O. The van der Waals surface area contributed by atoms with Gasteiger partial charge in [0, 0.05) is 44.7 Å². The number of hydrogen-bond acceptors (Lipinski definition) is 4. The zero-order valence-corrected chi connectivity index (χ0v) is 13.7. The monoisotopic (exact) mass is 315 g/mol. The predicted molar refractivity (Wildman–Crippen MR) is 86.8 cm³/mol. The van der Waals surface area contributed by atoms with E-state index < -0.39 is 0 Å². The summed E-state index contributed by atoms with van der Waals surface area (Å²) < 4.78 is 10.4. The third-order valence-corrected chi connectivity index (χ3v) is 4.95. The number of aromatic nitrogens is 4. The first-order valence-electron chi connectivity index (χ1n) is 8.71. The zero-order chi connectivity index (χ0) is 15.6. The van der Waals surface area contributed by atoms with Crippen LogP contribution in [-0.2, 0) is 24.4 Å². The fourth-order valence-corrected chi connectivity index (χ4v) is 3.39. The van der Waals surface area contributed by atoms with Gasteiger partial charge in [-0.1, -0.05) is 0 Å². The lowest BCUT2D eigenvalue weighted by molar-refractivity contribution is 0.0905. The molecule has 2 aliphatic rings. The maximum Gasteiger partial charge on any atom is 0.114 e. The van der Waals surface area contributed by atoms with Gasteiger partial charge in [-0.3, -0.25) is 4.68 Å². The van der Waals surface area contributed by atoms with Crippen molar-refractivity contribution in [3.63, 3.8) is 0 Å². The topological polar surface area (TPSA) is 56.9 Å². The summed E-state index contributed by atoms with van der Waals surface area (Å²) in [6.07, 6.45) is 9.57. The van der Waals surface area contributed by atoms with Crippen LogP contribution in [-0.4, -0.2) is 32.0 Å². The second-order valence-electron chi connectivity index (χ2n) is 6.62. The Kier molecular flexibility index (Phi) is 4.18. The predicted octanol–water partition coefficient (Wildman–Crippen LogP) is 2.13. The highest BCUT2D eigenvalue weighted by atomic mass is 16.5. The smallest absolute Gasteiger partial charge is 0.114 e. The van der Waals surface area contributed by atoms with Crippen LogP contribution >= 0.6 is 0 Å². The third-order valence-electron chi connectivity index (χ3n) is 4.95. The summed E-state index contributed by atoms with van der Waals surface area (Å²) in [4.78, 5) is 4.24. The first kappa shape index (κ1) is 14.9. The minimum Gasteiger partial charge on any atom is -0.370 e. The Morgan fingerprint density at radius 1 is 1.35 bits per heavy atom. The van der Waals surface area contributed by atoms with Crippen LogP contribution in [0.5, 0.6) is 0 Å². The molecule has 23 heavy (non-hydrogen) atoms. The quantitative estimate of drug-likeness (QED) is 0.850. The van der Waals surface area contributed by atoms with Crippen LogP contribution in [0, 0.1) is 5.92 Å². The summed E-state index contributed by atoms with van der Waals surface area (Å²) in [5.74, 6) is 0.820. The van der Waals surface area contributed by atoms with Crippen LogP contribution in [0.2, 0.25) is 0 Å². The number of aryl methyl sites for hydroxylation is 1. The van der Waals surface area contributed by atoms with Crippen molar-refractivity contribution < 1.29 is 4.74 Å². The molecule has 6 nitrogen and oxygen atoms in total. The lowest BCUT2D eigenvalue weighted by Crippen LogP contribution is -2.33. The van der Waals surface area contributed by atoms with E-state index in [1.165, 1.54) is 24.2 Å². The van der Waals surface area contributed by atoms with Crippen molar-refractivity contribution in [1.82, 2.24) is 24.6 Å². The molecule has 6 heteroatoms. The molecule has 1 N–H and O–H groups in total. The Hall–Kier alpha value is -1.66. The number of nitrogens with one attached hydrogen (secondary N) is 1. The van der Waals surface area contributed by atoms with Crippen molar-refractivity contribution in [3.05, 3.63) is 36.2 Å². The second-order valence-corrected chi connectivity index (χ2v) is 6.62. The lowest BCUT2D eigenvalue weighted by Gasteiger charge is -2.21. The van der Waals surface area contributed by atoms with Gasteiger partial charge in [-0.05, 0) is 38.2 Å². The van der Waals surface area contributed by atoms with Crippen LogP contribution in [0.1, 0.15) is 43.7 Å². The molecule has 1 aliphatic carbocycles. The summed E-state index contributed by atoms with van der Waals surface area (Å²) in [7, 11) is 0. The van der Waals surface area contributed by atoms with Crippen LogP contribution < -0.4 is 5.32 Å². The Morgan fingerprint density at radius 3 is 3.09 bits per heavy atom. The average molecular weight is 315 g/mol. The van der Waals surface area contributed by atoms with Gasteiger partial charge >= 0.3 is 0 Å². The summed E-state index contributed by atoms with van der Waals surface area (Å²) >= 11 is 0. The van der Waals surface area contributed by atoms with Crippen molar-refractivity contribution in [2.45, 2.75) is 58.0 Å². The normalized spacial score (nSPS) is 24.4. The van der Waals surface area contributed by atoms with Gasteiger partial charge in [0.25, 0.3) is 0 Å². The highest BCUT2D eigenvalue weighted by Crippen LogP contribution is 2.34. The first-order chi connectivity index (χ1) is 11.3. The summed E-state index contributed by atoms with van der Waals surface area (Å²) in [5, 5.41) is 8.17. The fraction of sp³-hybridized carbons (Fsp3) is 0.647. The molecule has 2 fully saturated rings. The largest absolute Gasteiger partial charge is 0.370 e. The zero-order valence-electron chi connectivity index (χ0n) is 13.7. The average Bonchev–Trinajstić information content (AvgIpc) is 2.96. The maximum atomic E-state index is 6.03. The van der Waals surface area contributed by atoms with E-state index in [2.05, 4.69) is 37.6 Å². The SMILES string of the molecule is CCn1cncc1CN[C@H]1CCO[C@@H]1c1ccnn1CC1CC1. The Labute approximate surface area is 136 Å². The second kappa shape index (κ2) is 6.45. The highest BCUT2D eigenvalue weighted by molar-refractivity contribution is 5.11. The van der Waals surface area contributed by atoms with Crippen LogP contribution in [0.4, 0.5) is 0 Å². The van der Waals surface area contributed by atoms with E-state index >= 15 is 0 Å². The standard InChI is InChI=1S/C17H25N5O/c1-2-21-12-18-9-14(21)10-19-15-6-8-23-17(15)16-5-7-20-22(16)11-13-3-4-13/h5,7,9,12-13,15,17,19H,2-4,6,8,10-11H2,1H3/t15-,17-/m0/s1. The van der Waals surface area contributed by atoms with Gasteiger partial charge in [0.05, 0.1) is 17.7 Å². The number of ether oxygens (including phenoxy) is 1. The summed E-state index contributed by atoms with van der Waals surface area (Å²) in [5.41, 5.74) is 2.44. The molecule has 0 aromatic carbocycles. The van der Waals surface area contributed by atoms with Gasteiger partial charge < -0.3 is 14.6 Å². The van der Waals surface area contributed by atoms with Crippen molar-refractivity contribution in [2.75, 3.05) is 6.61 Å². The molecule has 3 heterocycles. The minimum absolute atomic E-state index is 0.106. The van der Waals surface area contributed by atoms with E-state index in [1.807, 2.05) is 18.7 Å². The Morgan fingerprint density at radius 2 is 2.26 bits per heavy atom. The summed E-state index contributed by atoms with van der Waals surface area (Å²) in [6, 6.07) is 2.45. The Bertz CT molecular complexity index is 645. The lowest BCUT2D eigenvalue weighted by atomic mass is 10.1. The third kappa shape index (κ3) is 3.19. The van der Waals surface area contributed by atoms with Crippen LogP contribution in [0.3, 0.4) is 0 Å². The molecular weight excluding hydrogens is 290 g/mol. The highest BCUT2D eigenvalue weighted by Gasteiger charge is 2.33. The van der Waals surface area contributed by atoms with Crippen molar-refractivity contribution in [2.24, 2.45) is 5.92 Å². The molecule has 0 amide bonds. The number of rotatable bonds is 7. The number of nitrogens with zero attached hydrogens (tertiary/aromatic N) is 4. The molecule has 124 valence electrons. The number of imidazole rings is 1. The first-order valence-corrected chi connectivity index (χ1v) is 8.71. The molecule has 0 unspecified atom stereocenters. The Balaban J connectivity index is 1.43. The minimum atomic E-state index is 0.106. The van der Waals surface area contributed by atoms with Gasteiger partial charge in [0.1, 0.15) is 6.10 Å². The molecule has 0 spiro atoms. The molecule has 0 radical (unpaired) electrons. The van der Waals surface area contributed by atoms with E-state index in [0.717, 1.165) is 38.6 Å². The fourth-order valence-electron chi connectivity index (χ4n) is 3.39. The molecule has 1 saturated carbocycles. The van der Waals surface area contributed by atoms with E-state index in [0.29, 0.717) is 6.04 Å². The van der Waals surface area contributed by atoms with Crippen LogP contribution in [0.15, 0.2) is 24.8 Å². The van der Waals surface area contributed by atoms with Crippen LogP contribution in [0.25, 0.3) is 0 Å². The maximum absolute atomic E-state index is 6.03. The van der Waals surface area contributed by atoms with Gasteiger partial charge in [-0.2, -0.15) is 5.10 Å². The molecule has 2 aromatic rings. The van der Waals surface area contributed by atoms with Crippen molar-refractivity contribution in [3.8, 4) is 0 Å². The van der Waals surface area contributed by atoms with Crippen molar-refractivity contribution in [1.29, 1.82) is 0 Å². The van der Waals surface area contributed by atoms with E-state index in [-0.39, 0.29) is 6.10 Å². The van der Waals surface area contributed by atoms with Gasteiger partial charge in [-0.15, -0.1) is 0 Å². The van der Waals surface area contributed by atoms with Gasteiger partial charge in [0.2, 0.25) is 0 Å². The molecule has 4 rings (SSSR count). The van der Waals surface area contributed by atoms with Gasteiger partial charge in [-0.25, -0.2) is 4.98 Å². The van der Waals surface area contributed by atoms with Crippen molar-refractivity contribution >= 4 is 0 Å². The summed E-state index contributed by atoms with van der Waals surface area (Å²) in [6.45, 7) is 5.77. The molecule has 0 bridgehead atoms. The molecule has 1 saturated heterocycles. The van der Waals surface area contributed by atoms with E-state index in [1.54, 1.807) is 0 Å². The molecule has 1 aliphatic heterocycles. The van der Waals surface area contributed by atoms with E-state index in [9.17, 15) is 0 Å². The number of hydrogen-bond donors (Lipinski definition) is 1. The van der Waals surface area contributed by atoms with E-state index in [4.69, 9.17) is 4.74 Å².